The first-order valence-electron chi connectivity index (χ1n) is 7.67. The molecule has 0 aromatic heterocycles. The van der Waals surface area contributed by atoms with Crippen LogP contribution in [0.3, 0.4) is 0 Å². The van der Waals surface area contributed by atoms with Crippen LogP contribution in [0.2, 0.25) is 0 Å². The highest BCUT2D eigenvalue weighted by Gasteiger charge is 2.16. The van der Waals surface area contributed by atoms with Crippen molar-refractivity contribution in [3.63, 3.8) is 0 Å². The maximum atomic E-state index is 12.2. The van der Waals surface area contributed by atoms with Gasteiger partial charge in [0.2, 0.25) is 0 Å². The molecule has 1 aliphatic heterocycles. The normalized spacial score (nSPS) is 18.1. The molecule has 2 N–H and O–H groups in total. The highest BCUT2D eigenvalue weighted by Crippen LogP contribution is 2.17. The molecule has 5 nitrogen and oxygen atoms in total. The van der Waals surface area contributed by atoms with Gasteiger partial charge in [-0.1, -0.05) is 6.07 Å². The molecular weight excluding hydrogens is 336 g/mol. The molecule has 1 atom stereocenters. The van der Waals surface area contributed by atoms with Crippen LogP contribution >= 0.6 is 12.4 Å². The molecule has 1 aliphatic rings. The fraction of sp³-hybridized carbons (Fsp3) is 0.562. The van der Waals surface area contributed by atoms with Gasteiger partial charge in [-0.05, 0) is 62.9 Å². The molecule has 1 aromatic rings. The molecule has 0 saturated carbocycles. The third-order valence-corrected chi connectivity index (χ3v) is 5.33. The van der Waals surface area contributed by atoms with Crippen LogP contribution in [0.25, 0.3) is 0 Å². The molecule has 1 unspecified atom stereocenters. The summed E-state index contributed by atoms with van der Waals surface area (Å²) in [5.74, 6) is 0.396. The minimum Gasteiger partial charge on any atom is -0.352 e. The minimum absolute atomic E-state index is 0. The minimum atomic E-state index is -3.32. The zero-order valence-corrected chi connectivity index (χ0v) is 15.2. The average Bonchev–Trinajstić information content (AvgIpc) is 2.47. The number of rotatable bonds is 5. The van der Waals surface area contributed by atoms with E-state index in [4.69, 9.17) is 0 Å². The Labute approximate surface area is 144 Å². The smallest absolute Gasteiger partial charge is 0.251 e. The monoisotopic (exact) mass is 360 g/mol. The maximum absolute atomic E-state index is 12.2. The van der Waals surface area contributed by atoms with E-state index in [0.29, 0.717) is 23.6 Å². The first-order chi connectivity index (χ1) is 10.4. The second-order valence-electron chi connectivity index (χ2n) is 6.01. The number of benzene rings is 1. The summed E-state index contributed by atoms with van der Waals surface area (Å²) in [4.78, 5) is 12.4. The van der Waals surface area contributed by atoms with Crippen LogP contribution in [0.1, 0.15) is 35.2 Å². The summed E-state index contributed by atoms with van der Waals surface area (Å²) in [5.41, 5.74) is 1.06. The quantitative estimate of drug-likeness (QED) is 0.841. The molecular formula is C16H25ClN2O3S. The Morgan fingerprint density at radius 3 is 2.74 bits per heavy atom. The molecule has 1 aromatic carbocycles. The van der Waals surface area contributed by atoms with Crippen LogP contribution in [0, 0.1) is 12.8 Å². The first-order valence-corrected chi connectivity index (χ1v) is 9.56. The van der Waals surface area contributed by atoms with Gasteiger partial charge < -0.3 is 10.6 Å². The fourth-order valence-electron chi connectivity index (χ4n) is 2.80. The molecule has 2 rings (SSSR count). The molecule has 1 amide bonds. The van der Waals surface area contributed by atoms with E-state index >= 15 is 0 Å². The van der Waals surface area contributed by atoms with Crippen molar-refractivity contribution in [3.8, 4) is 0 Å². The van der Waals surface area contributed by atoms with Crippen molar-refractivity contribution in [2.24, 2.45) is 5.92 Å². The van der Waals surface area contributed by atoms with E-state index in [1.54, 1.807) is 19.1 Å². The zero-order valence-electron chi connectivity index (χ0n) is 13.6. The Morgan fingerprint density at radius 2 is 2.13 bits per heavy atom. The molecule has 0 bridgehead atoms. The van der Waals surface area contributed by atoms with E-state index in [2.05, 4.69) is 10.6 Å². The summed E-state index contributed by atoms with van der Waals surface area (Å²) in [5, 5.41) is 6.24. The largest absolute Gasteiger partial charge is 0.352 e. The lowest BCUT2D eigenvalue weighted by molar-refractivity contribution is 0.0950. The van der Waals surface area contributed by atoms with E-state index in [-0.39, 0.29) is 23.2 Å². The zero-order chi connectivity index (χ0) is 16.2. The van der Waals surface area contributed by atoms with E-state index in [0.717, 1.165) is 25.8 Å². The van der Waals surface area contributed by atoms with E-state index in [1.807, 2.05) is 0 Å². The van der Waals surface area contributed by atoms with Crippen molar-refractivity contribution in [2.45, 2.75) is 31.1 Å². The lowest BCUT2D eigenvalue weighted by Crippen LogP contribution is -2.33. The summed E-state index contributed by atoms with van der Waals surface area (Å²) in [6, 6.07) is 4.81. The molecule has 130 valence electrons. The maximum Gasteiger partial charge on any atom is 0.251 e. The van der Waals surface area contributed by atoms with Crippen LogP contribution in [-0.4, -0.2) is 40.2 Å². The van der Waals surface area contributed by atoms with Gasteiger partial charge in [0.25, 0.3) is 5.91 Å². The van der Waals surface area contributed by atoms with Gasteiger partial charge in [-0.2, -0.15) is 0 Å². The Hall–Kier alpha value is -1.11. The lowest BCUT2D eigenvalue weighted by atomic mass is 9.96. The van der Waals surface area contributed by atoms with E-state index in [1.165, 1.54) is 18.9 Å². The number of piperidine rings is 1. The van der Waals surface area contributed by atoms with Crippen LogP contribution < -0.4 is 10.6 Å². The highest BCUT2D eigenvalue weighted by molar-refractivity contribution is 7.90. The van der Waals surface area contributed by atoms with Crippen molar-refractivity contribution >= 4 is 28.2 Å². The molecule has 7 heteroatoms. The van der Waals surface area contributed by atoms with Gasteiger partial charge in [-0.15, -0.1) is 12.4 Å². The van der Waals surface area contributed by atoms with Crippen LogP contribution in [0.5, 0.6) is 0 Å². The van der Waals surface area contributed by atoms with Crippen molar-refractivity contribution in [3.05, 3.63) is 29.3 Å². The lowest BCUT2D eigenvalue weighted by Gasteiger charge is -2.22. The third kappa shape index (κ3) is 5.79. The molecule has 0 radical (unpaired) electrons. The molecule has 1 saturated heterocycles. The Morgan fingerprint density at radius 1 is 1.39 bits per heavy atom. The molecule has 1 fully saturated rings. The van der Waals surface area contributed by atoms with Crippen molar-refractivity contribution in [1.82, 2.24) is 10.6 Å². The number of nitrogens with one attached hydrogen (secondary N) is 2. The van der Waals surface area contributed by atoms with Crippen molar-refractivity contribution < 1.29 is 13.2 Å². The summed E-state index contributed by atoms with van der Waals surface area (Å²) < 4.78 is 23.4. The van der Waals surface area contributed by atoms with Crippen LogP contribution in [0.4, 0.5) is 0 Å². The molecule has 23 heavy (non-hydrogen) atoms. The standard InChI is InChI=1S/C16H24N2O3S.ClH/c1-12-5-6-14(10-15(12)22(2,20)21)16(19)18-9-7-13-4-3-8-17-11-13;/h5-6,10,13,17H,3-4,7-9,11H2,1-2H3,(H,18,19);1H. The number of carbonyl (C=O) groups is 1. The summed E-state index contributed by atoms with van der Waals surface area (Å²) >= 11 is 0. The highest BCUT2D eigenvalue weighted by atomic mass is 35.5. The Balaban J connectivity index is 0.00000264. The summed E-state index contributed by atoms with van der Waals surface area (Å²) in [7, 11) is -3.32. The van der Waals surface area contributed by atoms with Gasteiger partial charge >= 0.3 is 0 Å². The Kier molecular flexibility index (Phi) is 7.51. The number of carbonyl (C=O) groups excluding carboxylic acids is 1. The van der Waals surface area contributed by atoms with Crippen LogP contribution in [-0.2, 0) is 9.84 Å². The van der Waals surface area contributed by atoms with Gasteiger partial charge in [-0.3, -0.25) is 4.79 Å². The SMILES string of the molecule is Cc1ccc(C(=O)NCCC2CCCNC2)cc1S(C)(=O)=O.Cl. The topological polar surface area (TPSA) is 75.3 Å². The number of halogens is 1. The van der Waals surface area contributed by atoms with Crippen LogP contribution in [0.15, 0.2) is 23.1 Å². The number of hydrogen-bond acceptors (Lipinski definition) is 4. The van der Waals surface area contributed by atoms with Crippen molar-refractivity contribution in [2.75, 3.05) is 25.9 Å². The van der Waals surface area contributed by atoms with Gasteiger partial charge in [0.15, 0.2) is 9.84 Å². The van der Waals surface area contributed by atoms with Gasteiger partial charge in [0, 0.05) is 18.4 Å². The van der Waals surface area contributed by atoms with Crippen molar-refractivity contribution in [1.29, 1.82) is 0 Å². The second kappa shape index (κ2) is 8.66. The summed E-state index contributed by atoms with van der Waals surface area (Å²) in [6.07, 6.45) is 4.50. The average molecular weight is 361 g/mol. The van der Waals surface area contributed by atoms with Gasteiger partial charge in [0.05, 0.1) is 4.90 Å². The second-order valence-corrected chi connectivity index (χ2v) is 7.99. The molecule has 0 aliphatic carbocycles. The number of hydrogen-bond donors (Lipinski definition) is 2. The summed E-state index contributed by atoms with van der Waals surface area (Å²) in [6.45, 7) is 4.44. The first kappa shape index (κ1) is 19.9. The molecule has 1 heterocycles. The van der Waals surface area contributed by atoms with E-state index in [9.17, 15) is 13.2 Å². The molecule has 0 spiro atoms. The predicted octanol–water partition coefficient (Wildman–Crippen LogP) is 1.94. The Bertz CT molecular complexity index is 641. The predicted molar refractivity (Wildman–Crippen MR) is 94.1 cm³/mol. The number of sulfone groups is 1. The third-order valence-electron chi connectivity index (χ3n) is 4.09. The van der Waals surface area contributed by atoms with E-state index < -0.39 is 9.84 Å². The number of aryl methyl sites for hydroxylation is 1. The van der Waals surface area contributed by atoms with Gasteiger partial charge in [0.1, 0.15) is 0 Å². The number of amides is 1. The van der Waals surface area contributed by atoms with Gasteiger partial charge in [-0.25, -0.2) is 8.42 Å². The fourth-order valence-corrected chi connectivity index (χ4v) is 3.80.